The number of carbonyl (C=O) groups is 1. The summed E-state index contributed by atoms with van der Waals surface area (Å²) in [5, 5.41) is 4.26. The molecule has 6 nitrogen and oxygen atoms in total. The molecule has 3 heterocycles. The van der Waals surface area contributed by atoms with Gasteiger partial charge in [-0.15, -0.1) is 0 Å². The lowest BCUT2D eigenvalue weighted by Crippen LogP contribution is -2.46. The zero-order valence-electron chi connectivity index (χ0n) is 17.1. The van der Waals surface area contributed by atoms with Crippen LogP contribution in [0, 0.1) is 11.3 Å². The van der Waals surface area contributed by atoms with Gasteiger partial charge in [-0.3, -0.25) is 9.69 Å². The van der Waals surface area contributed by atoms with Crippen LogP contribution in [-0.2, 0) is 4.79 Å². The molecule has 0 bridgehead atoms. The number of piperidine rings is 1. The van der Waals surface area contributed by atoms with Crippen LogP contribution in [0.15, 0.2) is 4.52 Å². The molecular weight excluding hydrogens is 340 g/mol. The fourth-order valence-electron chi connectivity index (χ4n) is 5.35. The minimum Gasteiger partial charge on any atom is -0.342 e. The highest BCUT2D eigenvalue weighted by Gasteiger charge is 2.47. The van der Waals surface area contributed by atoms with E-state index in [-0.39, 0.29) is 12.0 Å². The lowest BCUT2D eigenvalue weighted by Gasteiger charge is -2.40. The number of hydrogen-bond acceptors (Lipinski definition) is 5. The minimum absolute atomic E-state index is 0.238. The van der Waals surface area contributed by atoms with Crippen LogP contribution in [0.3, 0.4) is 0 Å². The molecule has 150 valence electrons. The van der Waals surface area contributed by atoms with Gasteiger partial charge in [0.05, 0.1) is 6.04 Å². The first-order valence-corrected chi connectivity index (χ1v) is 10.8. The van der Waals surface area contributed by atoms with Crippen LogP contribution in [0.2, 0.25) is 0 Å². The van der Waals surface area contributed by atoms with Crippen LogP contribution >= 0.6 is 0 Å². The Labute approximate surface area is 162 Å². The second-order valence-corrected chi connectivity index (χ2v) is 9.44. The molecule has 3 aliphatic rings. The Bertz CT molecular complexity index is 657. The summed E-state index contributed by atoms with van der Waals surface area (Å²) in [6, 6.07) is 0.238. The molecule has 1 aliphatic carbocycles. The highest BCUT2D eigenvalue weighted by atomic mass is 16.5. The Morgan fingerprint density at radius 3 is 2.52 bits per heavy atom. The largest absolute Gasteiger partial charge is 0.342 e. The van der Waals surface area contributed by atoms with Gasteiger partial charge >= 0.3 is 0 Å². The van der Waals surface area contributed by atoms with Gasteiger partial charge in [0.15, 0.2) is 5.82 Å². The maximum absolute atomic E-state index is 12.9. The molecule has 1 aromatic rings. The lowest BCUT2D eigenvalue weighted by molar-refractivity contribution is -0.138. The Balaban J connectivity index is 1.37. The zero-order chi connectivity index (χ0) is 19.0. The second kappa shape index (κ2) is 7.53. The minimum atomic E-state index is 0.238. The number of amides is 1. The molecule has 1 unspecified atom stereocenters. The average molecular weight is 375 g/mol. The molecule has 2 saturated heterocycles. The van der Waals surface area contributed by atoms with Crippen molar-refractivity contribution in [3.05, 3.63) is 11.7 Å². The number of aromatic nitrogens is 2. The molecule has 0 aromatic carbocycles. The highest BCUT2D eigenvalue weighted by Crippen LogP contribution is 2.48. The summed E-state index contributed by atoms with van der Waals surface area (Å²) in [6.07, 6.45) is 9.22. The van der Waals surface area contributed by atoms with Crippen molar-refractivity contribution < 1.29 is 9.32 Å². The van der Waals surface area contributed by atoms with Crippen LogP contribution in [0.4, 0.5) is 0 Å². The van der Waals surface area contributed by atoms with Crippen molar-refractivity contribution in [2.45, 2.75) is 77.2 Å². The highest BCUT2D eigenvalue weighted by molar-refractivity contribution is 5.79. The Morgan fingerprint density at radius 1 is 1.19 bits per heavy atom. The average Bonchev–Trinajstić information content (AvgIpc) is 3.28. The molecule has 2 aliphatic heterocycles. The third kappa shape index (κ3) is 3.78. The van der Waals surface area contributed by atoms with Crippen LogP contribution in [0.25, 0.3) is 0 Å². The summed E-state index contributed by atoms with van der Waals surface area (Å²) in [5.74, 6) is 2.54. The van der Waals surface area contributed by atoms with E-state index in [4.69, 9.17) is 4.52 Å². The molecule has 6 heteroatoms. The fraction of sp³-hybridized carbons (Fsp3) is 0.857. The zero-order valence-corrected chi connectivity index (χ0v) is 17.1. The van der Waals surface area contributed by atoms with Gasteiger partial charge in [0.1, 0.15) is 0 Å². The van der Waals surface area contributed by atoms with Gasteiger partial charge in [-0.1, -0.05) is 38.3 Å². The second-order valence-electron chi connectivity index (χ2n) is 9.44. The summed E-state index contributed by atoms with van der Waals surface area (Å²) < 4.78 is 5.44. The van der Waals surface area contributed by atoms with Gasteiger partial charge < -0.3 is 9.42 Å². The van der Waals surface area contributed by atoms with Crippen molar-refractivity contribution in [3.63, 3.8) is 0 Å². The number of carbonyl (C=O) groups excluding carboxylic acids is 1. The summed E-state index contributed by atoms with van der Waals surface area (Å²) in [6.45, 7) is 7.06. The molecule has 0 N–H and O–H groups in total. The maximum Gasteiger partial charge on any atom is 0.229 e. The van der Waals surface area contributed by atoms with E-state index >= 15 is 0 Å². The molecule has 0 radical (unpaired) electrons. The van der Waals surface area contributed by atoms with E-state index in [9.17, 15) is 4.79 Å². The van der Waals surface area contributed by atoms with Gasteiger partial charge in [-0.25, -0.2) is 0 Å². The van der Waals surface area contributed by atoms with Crippen molar-refractivity contribution >= 4 is 5.91 Å². The maximum atomic E-state index is 12.9. The van der Waals surface area contributed by atoms with Crippen molar-refractivity contribution in [1.29, 1.82) is 0 Å². The quantitative estimate of drug-likeness (QED) is 0.806. The summed E-state index contributed by atoms with van der Waals surface area (Å²) in [4.78, 5) is 22.0. The molecule has 4 rings (SSSR count). The molecule has 1 atom stereocenters. The van der Waals surface area contributed by atoms with Crippen LogP contribution in [0.1, 0.15) is 88.9 Å². The third-order valence-electron chi connectivity index (χ3n) is 7.08. The summed E-state index contributed by atoms with van der Waals surface area (Å²) in [5.41, 5.74) is 0.293. The van der Waals surface area contributed by atoms with Gasteiger partial charge in [0, 0.05) is 31.5 Å². The first-order chi connectivity index (χ1) is 13.0. The number of likely N-dealkylation sites (tertiary alicyclic amines) is 2. The number of hydrogen-bond donors (Lipinski definition) is 0. The van der Waals surface area contributed by atoms with E-state index in [0.717, 1.165) is 63.5 Å². The topological polar surface area (TPSA) is 62.5 Å². The van der Waals surface area contributed by atoms with Crippen LogP contribution in [-0.4, -0.2) is 52.5 Å². The van der Waals surface area contributed by atoms with Gasteiger partial charge in [-0.2, -0.15) is 4.98 Å². The van der Waals surface area contributed by atoms with Gasteiger partial charge in [-0.05, 0) is 44.6 Å². The molecule has 27 heavy (non-hydrogen) atoms. The Kier molecular flexibility index (Phi) is 5.28. The van der Waals surface area contributed by atoms with E-state index < -0.39 is 0 Å². The Morgan fingerprint density at radius 2 is 1.89 bits per heavy atom. The van der Waals surface area contributed by atoms with Crippen LogP contribution in [0.5, 0.6) is 0 Å². The summed E-state index contributed by atoms with van der Waals surface area (Å²) in [7, 11) is 2.17. The van der Waals surface area contributed by atoms with E-state index in [1.165, 1.54) is 19.3 Å². The standard InChI is InChI=1S/C21H34N4O2/c1-15(2)19-22-18(23-27-19)17-13-21(14-24(17)3)9-11-25(12-10-21)20(26)16-7-5-4-6-8-16/h15-17H,4-14H2,1-3H3. The van der Waals surface area contributed by atoms with Crippen molar-refractivity contribution in [2.24, 2.45) is 11.3 Å². The molecule has 3 fully saturated rings. The summed E-state index contributed by atoms with van der Waals surface area (Å²) >= 11 is 0. The SMILES string of the molecule is CC(C)c1nc(C2CC3(CCN(C(=O)C4CCCCC4)CC3)CN2C)no1. The smallest absolute Gasteiger partial charge is 0.229 e. The fourth-order valence-corrected chi connectivity index (χ4v) is 5.35. The first-order valence-electron chi connectivity index (χ1n) is 10.8. The van der Waals surface area contributed by atoms with Crippen molar-refractivity contribution in [3.8, 4) is 0 Å². The molecular formula is C21H34N4O2. The lowest BCUT2D eigenvalue weighted by atomic mass is 9.76. The van der Waals surface area contributed by atoms with E-state index in [2.05, 4.69) is 40.8 Å². The first kappa shape index (κ1) is 18.9. The molecule has 1 aromatic heterocycles. The number of nitrogens with zero attached hydrogens (tertiary/aromatic N) is 4. The van der Waals surface area contributed by atoms with Crippen LogP contribution < -0.4 is 0 Å². The molecule has 1 spiro atoms. The predicted molar refractivity (Wildman–Crippen MR) is 103 cm³/mol. The molecule has 1 amide bonds. The van der Waals surface area contributed by atoms with Crippen molar-refractivity contribution in [1.82, 2.24) is 19.9 Å². The monoisotopic (exact) mass is 374 g/mol. The van der Waals surface area contributed by atoms with E-state index in [1.807, 2.05) is 0 Å². The normalized spacial score (nSPS) is 27.0. The van der Waals surface area contributed by atoms with Gasteiger partial charge in [0.25, 0.3) is 0 Å². The third-order valence-corrected chi connectivity index (χ3v) is 7.08. The van der Waals surface area contributed by atoms with Gasteiger partial charge in [0.2, 0.25) is 11.8 Å². The van der Waals surface area contributed by atoms with Crippen molar-refractivity contribution in [2.75, 3.05) is 26.7 Å². The predicted octanol–water partition coefficient (Wildman–Crippen LogP) is 3.76. The van der Waals surface area contributed by atoms with E-state index in [0.29, 0.717) is 17.2 Å². The van der Waals surface area contributed by atoms with E-state index in [1.54, 1.807) is 0 Å². The number of rotatable bonds is 3. The molecule has 1 saturated carbocycles. The Hall–Kier alpha value is -1.43.